The molecule has 0 aliphatic rings. The molecule has 3 amide bonds. The maximum atomic E-state index is 11.6. The van der Waals surface area contributed by atoms with Crippen molar-refractivity contribution in [3.63, 3.8) is 0 Å². The zero-order chi connectivity index (χ0) is 14.8. The summed E-state index contributed by atoms with van der Waals surface area (Å²) in [4.78, 5) is 35.1. The molecule has 0 saturated carbocycles. The minimum atomic E-state index is -1.16. The van der Waals surface area contributed by atoms with Crippen LogP contribution in [0.5, 0.6) is 0 Å². The van der Waals surface area contributed by atoms with Gasteiger partial charge in [0.05, 0.1) is 13.1 Å². The van der Waals surface area contributed by atoms with Crippen LogP contribution >= 0.6 is 0 Å². The van der Waals surface area contributed by atoms with Crippen LogP contribution in [0.15, 0.2) is 0 Å². The van der Waals surface area contributed by atoms with Crippen molar-refractivity contribution in [1.29, 1.82) is 0 Å². The standard InChI is InChI=1S/C11H21N3O5/c1-4-14(5-2)9(15)7-13-11(18)12-6-8(19-3)10(16)17/h8H,4-7H2,1-3H3,(H,16,17)(H2,12,13,18). The van der Waals surface area contributed by atoms with Gasteiger partial charge in [0, 0.05) is 20.2 Å². The van der Waals surface area contributed by atoms with E-state index in [1.54, 1.807) is 4.90 Å². The van der Waals surface area contributed by atoms with Crippen molar-refractivity contribution >= 4 is 17.9 Å². The molecule has 0 aromatic rings. The highest BCUT2D eigenvalue weighted by Crippen LogP contribution is 1.89. The number of urea groups is 1. The molecule has 0 fully saturated rings. The highest BCUT2D eigenvalue weighted by Gasteiger charge is 2.17. The van der Waals surface area contributed by atoms with Crippen LogP contribution in [0.2, 0.25) is 0 Å². The normalized spacial score (nSPS) is 11.5. The first-order chi connectivity index (χ1) is 8.96. The predicted molar refractivity (Wildman–Crippen MR) is 67.8 cm³/mol. The number of carbonyl (C=O) groups is 3. The second-order valence-corrected chi connectivity index (χ2v) is 3.69. The molecule has 0 bridgehead atoms. The molecule has 0 radical (unpaired) electrons. The van der Waals surface area contributed by atoms with Crippen molar-refractivity contribution in [3.05, 3.63) is 0 Å². The lowest BCUT2D eigenvalue weighted by atomic mass is 10.3. The van der Waals surface area contributed by atoms with Crippen molar-refractivity contribution in [2.75, 3.05) is 33.3 Å². The smallest absolute Gasteiger partial charge is 0.334 e. The van der Waals surface area contributed by atoms with E-state index < -0.39 is 18.1 Å². The summed E-state index contributed by atoms with van der Waals surface area (Å²) in [7, 11) is 1.24. The van der Waals surface area contributed by atoms with Crippen molar-refractivity contribution < 1.29 is 24.2 Å². The Hall–Kier alpha value is -1.83. The lowest BCUT2D eigenvalue weighted by Crippen LogP contribution is -2.46. The van der Waals surface area contributed by atoms with E-state index in [9.17, 15) is 14.4 Å². The van der Waals surface area contributed by atoms with Crippen LogP contribution < -0.4 is 10.6 Å². The Balaban J connectivity index is 3.99. The largest absolute Gasteiger partial charge is 0.479 e. The molecule has 19 heavy (non-hydrogen) atoms. The summed E-state index contributed by atoms with van der Waals surface area (Å²) in [5.74, 6) is -1.36. The Kier molecular flexibility index (Phi) is 8.27. The van der Waals surface area contributed by atoms with Gasteiger partial charge in [-0.3, -0.25) is 4.79 Å². The fraction of sp³-hybridized carbons (Fsp3) is 0.727. The van der Waals surface area contributed by atoms with Gasteiger partial charge in [-0.15, -0.1) is 0 Å². The molecule has 1 unspecified atom stereocenters. The summed E-state index contributed by atoms with van der Waals surface area (Å²) in [5.41, 5.74) is 0. The van der Waals surface area contributed by atoms with E-state index in [1.165, 1.54) is 7.11 Å². The number of hydrogen-bond acceptors (Lipinski definition) is 4. The van der Waals surface area contributed by atoms with Gasteiger partial charge in [-0.2, -0.15) is 0 Å². The Labute approximate surface area is 112 Å². The molecule has 8 heteroatoms. The number of amides is 3. The molecule has 0 rings (SSSR count). The third-order valence-electron chi connectivity index (χ3n) is 2.52. The van der Waals surface area contributed by atoms with Gasteiger partial charge in [0.15, 0.2) is 6.10 Å². The van der Waals surface area contributed by atoms with E-state index in [0.29, 0.717) is 13.1 Å². The molecular formula is C11H21N3O5. The SMILES string of the molecule is CCN(CC)C(=O)CNC(=O)NCC(OC)C(=O)O. The maximum Gasteiger partial charge on any atom is 0.334 e. The summed E-state index contributed by atoms with van der Waals surface area (Å²) < 4.78 is 4.64. The van der Waals surface area contributed by atoms with E-state index in [-0.39, 0.29) is 19.0 Å². The van der Waals surface area contributed by atoms with Gasteiger partial charge in [-0.05, 0) is 13.8 Å². The highest BCUT2D eigenvalue weighted by molar-refractivity contribution is 5.84. The first-order valence-electron chi connectivity index (χ1n) is 6.01. The molecule has 3 N–H and O–H groups in total. The molecule has 0 aliphatic heterocycles. The van der Waals surface area contributed by atoms with E-state index in [2.05, 4.69) is 15.4 Å². The summed E-state index contributed by atoms with van der Waals surface area (Å²) in [5, 5.41) is 13.4. The van der Waals surface area contributed by atoms with Crippen LogP contribution in [0.3, 0.4) is 0 Å². The quantitative estimate of drug-likeness (QED) is 0.540. The first-order valence-corrected chi connectivity index (χ1v) is 6.01. The van der Waals surface area contributed by atoms with Crippen molar-refractivity contribution in [2.45, 2.75) is 20.0 Å². The molecule has 0 aromatic carbocycles. The number of ether oxygens (including phenoxy) is 1. The first kappa shape index (κ1) is 17.2. The average molecular weight is 275 g/mol. The number of nitrogens with zero attached hydrogens (tertiary/aromatic N) is 1. The van der Waals surface area contributed by atoms with Crippen LogP contribution in [0, 0.1) is 0 Å². The lowest BCUT2D eigenvalue weighted by Gasteiger charge is -2.19. The molecule has 0 aliphatic carbocycles. The third kappa shape index (κ3) is 6.61. The Morgan fingerprint density at radius 2 is 1.79 bits per heavy atom. The van der Waals surface area contributed by atoms with Crippen LogP contribution in [-0.2, 0) is 14.3 Å². The fourth-order valence-electron chi connectivity index (χ4n) is 1.36. The summed E-state index contributed by atoms with van der Waals surface area (Å²) in [6, 6.07) is -0.608. The summed E-state index contributed by atoms with van der Waals surface area (Å²) in [6.07, 6.45) is -1.11. The van der Waals surface area contributed by atoms with Crippen LogP contribution in [0.1, 0.15) is 13.8 Å². The number of hydrogen-bond donors (Lipinski definition) is 3. The Morgan fingerprint density at radius 3 is 2.21 bits per heavy atom. The van der Waals surface area contributed by atoms with Crippen molar-refractivity contribution in [2.24, 2.45) is 0 Å². The average Bonchev–Trinajstić information content (AvgIpc) is 2.38. The minimum absolute atomic E-state index is 0.127. The zero-order valence-corrected chi connectivity index (χ0v) is 11.4. The van der Waals surface area contributed by atoms with Crippen LogP contribution in [0.4, 0.5) is 4.79 Å². The number of carboxylic acid groups (broad SMARTS) is 1. The lowest BCUT2D eigenvalue weighted by molar-refractivity contribution is -0.148. The van der Waals surface area contributed by atoms with Crippen LogP contribution in [0.25, 0.3) is 0 Å². The number of methoxy groups -OCH3 is 1. The van der Waals surface area contributed by atoms with E-state index in [4.69, 9.17) is 5.11 Å². The van der Waals surface area contributed by atoms with Gasteiger partial charge >= 0.3 is 12.0 Å². The summed E-state index contributed by atoms with van der Waals surface area (Å²) >= 11 is 0. The monoisotopic (exact) mass is 275 g/mol. The van der Waals surface area contributed by atoms with Crippen molar-refractivity contribution in [1.82, 2.24) is 15.5 Å². The van der Waals surface area contributed by atoms with Crippen molar-refractivity contribution in [3.8, 4) is 0 Å². The second-order valence-electron chi connectivity index (χ2n) is 3.69. The number of carboxylic acids is 1. The van der Waals surface area contributed by atoms with Gasteiger partial charge < -0.3 is 25.4 Å². The molecule has 0 saturated heterocycles. The van der Waals surface area contributed by atoms with Gasteiger partial charge in [0.25, 0.3) is 0 Å². The Morgan fingerprint density at radius 1 is 1.21 bits per heavy atom. The molecule has 1 atom stereocenters. The number of carbonyl (C=O) groups excluding carboxylic acids is 2. The molecule has 0 aromatic heterocycles. The molecule has 0 heterocycles. The fourth-order valence-corrected chi connectivity index (χ4v) is 1.36. The second kappa shape index (κ2) is 9.15. The van der Waals surface area contributed by atoms with Gasteiger partial charge in [-0.25, -0.2) is 9.59 Å². The molecule has 0 spiro atoms. The third-order valence-corrected chi connectivity index (χ3v) is 2.52. The van der Waals surface area contributed by atoms with E-state index in [0.717, 1.165) is 0 Å². The summed E-state index contributed by atoms with van der Waals surface area (Å²) in [6.45, 7) is 4.54. The number of aliphatic carboxylic acids is 1. The predicted octanol–water partition coefficient (Wildman–Crippen LogP) is -0.746. The maximum absolute atomic E-state index is 11.6. The molecular weight excluding hydrogens is 254 g/mol. The van der Waals surface area contributed by atoms with E-state index >= 15 is 0 Å². The number of rotatable bonds is 8. The van der Waals surface area contributed by atoms with Gasteiger partial charge in [-0.1, -0.05) is 0 Å². The Bertz CT molecular complexity index is 317. The van der Waals surface area contributed by atoms with Crippen LogP contribution in [-0.4, -0.2) is 67.3 Å². The number of nitrogens with one attached hydrogen (secondary N) is 2. The topological polar surface area (TPSA) is 108 Å². The molecule has 8 nitrogen and oxygen atoms in total. The number of likely N-dealkylation sites (N-methyl/N-ethyl adjacent to an activating group) is 1. The van der Waals surface area contributed by atoms with Gasteiger partial charge in [0.1, 0.15) is 0 Å². The molecule has 110 valence electrons. The highest BCUT2D eigenvalue weighted by atomic mass is 16.5. The minimum Gasteiger partial charge on any atom is -0.479 e. The van der Waals surface area contributed by atoms with Gasteiger partial charge in [0.2, 0.25) is 5.91 Å². The van der Waals surface area contributed by atoms with E-state index in [1.807, 2.05) is 13.8 Å². The zero-order valence-electron chi connectivity index (χ0n) is 11.4.